The average molecular weight is 434 g/mol. The second kappa shape index (κ2) is 6.75. The number of aromatic nitrogens is 2. The van der Waals surface area contributed by atoms with Gasteiger partial charge in [-0.3, -0.25) is 0 Å². The molecule has 2 aliphatic carbocycles. The van der Waals surface area contributed by atoms with Gasteiger partial charge in [0, 0.05) is 0 Å². The summed E-state index contributed by atoms with van der Waals surface area (Å²) in [7, 11) is 0. The second-order valence-corrected chi connectivity index (χ2v) is 8.41. The minimum absolute atomic E-state index is 0.187. The first-order valence-corrected chi connectivity index (χ1v) is 10.5. The molecule has 0 spiro atoms. The van der Waals surface area contributed by atoms with Gasteiger partial charge in [0.05, 0.1) is 0 Å². The van der Waals surface area contributed by atoms with Crippen LogP contribution in [-0.4, -0.2) is 32.7 Å². The summed E-state index contributed by atoms with van der Waals surface area (Å²) >= 11 is 1.52. The van der Waals surface area contributed by atoms with Crippen molar-refractivity contribution < 1.29 is 4.39 Å². The van der Waals surface area contributed by atoms with E-state index in [1.165, 1.54) is 22.4 Å². The van der Waals surface area contributed by atoms with Crippen LogP contribution in [0.4, 0.5) is 10.1 Å². The van der Waals surface area contributed by atoms with Gasteiger partial charge in [0.25, 0.3) is 0 Å². The summed E-state index contributed by atoms with van der Waals surface area (Å²) < 4.78 is 17.2. The van der Waals surface area contributed by atoms with Gasteiger partial charge in [0.15, 0.2) is 0 Å². The van der Waals surface area contributed by atoms with Crippen molar-refractivity contribution in [3.8, 4) is 5.69 Å². The molecule has 0 fully saturated rings. The van der Waals surface area contributed by atoms with E-state index in [2.05, 4.69) is 33.1 Å². The molecular formula is C22H20AsFN4. The van der Waals surface area contributed by atoms with Crippen LogP contribution in [0.15, 0.2) is 87.2 Å². The van der Waals surface area contributed by atoms with Gasteiger partial charge in [-0.05, 0) is 0 Å². The first-order chi connectivity index (χ1) is 13.6. The van der Waals surface area contributed by atoms with Gasteiger partial charge in [-0.2, -0.15) is 0 Å². The molecule has 2 aromatic rings. The van der Waals surface area contributed by atoms with Crippen molar-refractivity contribution in [2.45, 2.75) is 19.8 Å². The first-order valence-electron chi connectivity index (χ1n) is 9.33. The number of aryl methyl sites for hydroxylation is 1. The van der Waals surface area contributed by atoms with E-state index in [1.807, 2.05) is 42.5 Å². The van der Waals surface area contributed by atoms with Crippen molar-refractivity contribution in [1.82, 2.24) is 9.55 Å². The predicted molar refractivity (Wildman–Crippen MR) is 113 cm³/mol. The van der Waals surface area contributed by atoms with Crippen LogP contribution in [0.5, 0.6) is 0 Å². The first kappa shape index (κ1) is 17.4. The Morgan fingerprint density at radius 3 is 2.93 bits per heavy atom. The standard InChI is InChI=1S/C22H20AsFN4/c1-14-11-27(12-25-14)17-3-2-4-18(10-17)28-13-26-22(23)19-8-6-15-5-7-16(24)9-20(15)21(19)28/h2-5,7,9-13,15H,6,8,23H2,1H3. The van der Waals surface area contributed by atoms with Crippen molar-refractivity contribution in [3.05, 3.63) is 87.9 Å². The van der Waals surface area contributed by atoms with Crippen molar-refractivity contribution in [3.63, 3.8) is 0 Å². The van der Waals surface area contributed by atoms with Gasteiger partial charge in [0.1, 0.15) is 0 Å². The maximum atomic E-state index is 14.1. The van der Waals surface area contributed by atoms with Crippen molar-refractivity contribution in [1.29, 1.82) is 0 Å². The quantitative estimate of drug-likeness (QED) is 0.671. The number of benzene rings is 1. The Morgan fingerprint density at radius 1 is 1.25 bits per heavy atom. The molecule has 2 unspecified atom stereocenters. The van der Waals surface area contributed by atoms with E-state index in [0.29, 0.717) is 0 Å². The fourth-order valence-electron chi connectivity index (χ4n) is 4.05. The normalized spacial score (nSPS) is 21.0. The van der Waals surface area contributed by atoms with E-state index in [1.54, 1.807) is 12.2 Å². The third-order valence-electron chi connectivity index (χ3n) is 5.43. The van der Waals surface area contributed by atoms with Crippen LogP contribution in [0.1, 0.15) is 18.5 Å². The number of hydrogen-bond acceptors (Lipinski definition) is 3. The van der Waals surface area contributed by atoms with E-state index in [0.717, 1.165) is 45.7 Å². The number of rotatable bonds is 2. The van der Waals surface area contributed by atoms with E-state index < -0.39 is 0 Å². The molecule has 0 radical (unpaired) electrons. The molecule has 0 amide bonds. The van der Waals surface area contributed by atoms with E-state index in [4.69, 9.17) is 0 Å². The molecule has 6 heteroatoms. The summed E-state index contributed by atoms with van der Waals surface area (Å²) in [5, 5.41) is 0. The number of fused-ring (bicyclic) bond motifs is 2. The second-order valence-electron chi connectivity index (χ2n) is 7.26. The summed E-state index contributed by atoms with van der Waals surface area (Å²) in [5.74, 6) is 0.0697. The molecule has 1 aromatic carbocycles. The Bertz CT molecular complexity index is 1120. The molecule has 0 saturated heterocycles. The zero-order chi connectivity index (χ0) is 19.3. The molecule has 1 aromatic heterocycles. The van der Waals surface area contributed by atoms with Gasteiger partial charge >= 0.3 is 172 Å². The summed E-state index contributed by atoms with van der Waals surface area (Å²) in [6, 6.07) is 8.28. The zero-order valence-electron chi connectivity index (χ0n) is 15.5. The molecular weight excluding hydrogens is 414 g/mol. The summed E-state index contributed by atoms with van der Waals surface area (Å²) in [6.07, 6.45) is 12.9. The van der Waals surface area contributed by atoms with E-state index in [9.17, 15) is 4.39 Å². The number of nitrogens with zero attached hydrogens (tertiary/aromatic N) is 4. The maximum absolute atomic E-state index is 14.1. The monoisotopic (exact) mass is 434 g/mol. The van der Waals surface area contributed by atoms with E-state index in [-0.39, 0.29) is 11.7 Å². The molecule has 0 N–H and O–H groups in total. The molecule has 2 heterocycles. The Hall–Kier alpha value is -2.65. The van der Waals surface area contributed by atoms with Crippen LogP contribution in [0.2, 0.25) is 0 Å². The van der Waals surface area contributed by atoms with Gasteiger partial charge < -0.3 is 0 Å². The molecule has 0 saturated carbocycles. The topological polar surface area (TPSA) is 33.4 Å². The zero-order valence-corrected chi connectivity index (χ0v) is 17.9. The molecule has 3 aliphatic rings. The number of halogens is 1. The Kier molecular flexibility index (Phi) is 4.21. The van der Waals surface area contributed by atoms with Gasteiger partial charge in [-0.1, -0.05) is 0 Å². The molecule has 140 valence electrons. The third kappa shape index (κ3) is 2.91. The summed E-state index contributed by atoms with van der Waals surface area (Å²) in [5.41, 5.74) is 6.39. The minimum atomic E-state index is -0.187. The molecule has 2 atom stereocenters. The van der Waals surface area contributed by atoms with Crippen molar-refractivity contribution in [2.24, 2.45) is 10.9 Å². The molecule has 0 bridgehead atoms. The fraction of sp³-hybridized carbons (Fsp3) is 0.182. The number of aliphatic imine (C=N–C) groups is 1. The summed E-state index contributed by atoms with van der Waals surface area (Å²) in [6.45, 7) is 1.98. The Labute approximate surface area is 172 Å². The van der Waals surface area contributed by atoms with Crippen molar-refractivity contribution >= 4 is 28.9 Å². The molecule has 1 aliphatic heterocycles. The van der Waals surface area contributed by atoms with Crippen LogP contribution in [0, 0.1) is 12.8 Å². The van der Waals surface area contributed by atoms with Crippen molar-refractivity contribution in [2.75, 3.05) is 4.90 Å². The predicted octanol–water partition coefficient (Wildman–Crippen LogP) is 3.96. The summed E-state index contributed by atoms with van der Waals surface area (Å²) in [4.78, 5) is 11.1. The van der Waals surface area contributed by atoms with Crippen LogP contribution in [-0.2, 0) is 0 Å². The van der Waals surface area contributed by atoms with Gasteiger partial charge in [-0.25, -0.2) is 0 Å². The SMILES string of the molecule is Cc1cn(-c2cccc(N3C=NC([AsH2])=C4CCC5C=CC(F)=CC5=C43)c2)cn1. The van der Waals surface area contributed by atoms with Crippen LogP contribution < -0.4 is 4.90 Å². The number of imidazole rings is 1. The fourth-order valence-corrected chi connectivity index (χ4v) is 4.78. The van der Waals surface area contributed by atoms with Gasteiger partial charge in [0.2, 0.25) is 0 Å². The number of allylic oxidation sites excluding steroid dienone is 6. The average Bonchev–Trinajstić information content (AvgIpc) is 3.15. The van der Waals surface area contributed by atoms with E-state index >= 15 is 0 Å². The Balaban J connectivity index is 1.64. The molecule has 4 nitrogen and oxygen atoms in total. The number of anilines is 1. The number of hydrogen-bond donors (Lipinski definition) is 0. The van der Waals surface area contributed by atoms with Crippen LogP contribution in [0.3, 0.4) is 0 Å². The van der Waals surface area contributed by atoms with Gasteiger partial charge in [-0.15, -0.1) is 0 Å². The molecule has 5 rings (SSSR count). The third-order valence-corrected chi connectivity index (χ3v) is 6.47. The Morgan fingerprint density at radius 2 is 2.11 bits per heavy atom. The molecule has 28 heavy (non-hydrogen) atoms. The van der Waals surface area contributed by atoms with Crippen LogP contribution >= 0.6 is 0 Å². The van der Waals surface area contributed by atoms with Crippen LogP contribution in [0.25, 0.3) is 5.69 Å².